The van der Waals surface area contributed by atoms with Gasteiger partial charge in [-0.2, -0.15) is 45.6 Å². The van der Waals surface area contributed by atoms with Gasteiger partial charge in [0.05, 0.1) is 29.5 Å². The zero-order valence-corrected chi connectivity index (χ0v) is 35.0. The molecule has 1 aliphatic rings. The highest BCUT2D eigenvalue weighted by Crippen LogP contribution is 2.45. The van der Waals surface area contributed by atoms with Gasteiger partial charge in [-0.05, 0) is 72.1 Å². The Morgan fingerprint density at radius 3 is 1.85 bits per heavy atom. The number of hydrogen-bond donors (Lipinski definition) is 8. The van der Waals surface area contributed by atoms with Crippen molar-refractivity contribution in [2.45, 2.75) is 20.7 Å². The standard InChI is InChI=1S/C36H31N9O17S3/c37-19-1-8-24(29(15-19)64(55,56)57)39-40-25-16-28(62-12-10-47)26(17-27(25)61-11-9-46)41-42-31-30(65(58,59)60)14-18-13-20(2-7-23(18)34(31)48)38-43-32-33(36(50)51)44-45(35(32)49)21-3-5-22(6-4-21)63(52,53)54/h1-8,13-17,32,46-48H,9-12,37H2,(H,50,51)(H,52,53,54)(H,55,56,57)(H,58,59,60)/b40-39+,42-41+,43-38+. The molecule has 1 unspecified atom stereocenters. The number of ether oxygens (including phenoxy) is 2. The van der Waals surface area contributed by atoms with Crippen molar-refractivity contribution < 1.29 is 78.4 Å². The van der Waals surface area contributed by atoms with Gasteiger partial charge in [-0.15, -0.1) is 20.5 Å². The lowest BCUT2D eigenvalue weighted by Crippen LogP contribution is -2.33. The Kier molecular flexibility index (Phi) is 13.6. The van der Waals surface area contributed by atoms with Crippen molar-refractivity contribution in [3.8, 4) is 17.2 Å². The summed E-state index contributed by atoms with van der Waals surface area (Å²) in [5, 5.41) is 67.6. The van der Waals surface area contributed by atoms with Crippen LogP contribution >= 0.6 is 0 Å². The number of nitrogen functional groups attached to an aromatic ring is 1. The number of phenols is 1. The van der Waals surface area contributed by atoms with E-state index < -0.39 is 93.3 Å². The van der Waals surface area contributed by atoms with Crippen molar-refractivity contribution in [2.75, 3.05) is 37.2 Å². The number of fused-ring (bicyclic) bond motifs is 1. The smallest absolute Gasteiger partial charge is 0.355 e. The lowest BCUT2D eigenvalue weighted by molar-refractivity contribution is -0.130. The van der Waals surface area contributed by atoms with Crippen molar-refractivity contribution in [3.05, 3.63) is 78.9 Å². The second-order valence-corrected chi connectivity index (χ2v) is 17.2. The van der Waals surface area contributed by atoms with Crippen molar-refractivity contribution in [3.63, 3.8) is 0 Å². The molecule has 0 fully saturated rings. The molecule has 0 saturated carbocycles. The first kappa shape index (κ1) is 47.1. The third kappa shape index (κ3) is 10.7. The van der Waals surface area contributed by atoms with Crippen LogP contribution in [0.4, 0.5) is 39.8 Å². The summed E-state index contributed by atoms with van der Waals surface area (Å²) in [6, 6.07) is 12.3. The van der Waals surface area contributed by atoms with Crippen LogP contribution in [0.5, 0.6) is 17.2 Å². The Labute approximate surface area is 365 Å². The fraction of sp³-hybridized carbons (Fsp3) is 0.139. The van der Waals surface area contributed by atoms with E-state index in [0.29, 0.717) is 5.01 Å². The topological polar surface area (TPSA) is 412 Å². The molecule has 29 heteroatoms. The van der Waals surface area contributed by atoms with Crippen LogP contribution in [0, 0.1) is 0 Å². The Morgan fingerprint density at radius 1 is 0.708 bits per heavy atom. The summed E-state index contributed by atoms with van der Waals surface area (Å²) in [5.41, 5.74) is 3.06. The first-order valence-corrected chi connectivity index (χ1v) is 22.2. The fourth-order valence-electron chi connectivity index (χ4n) is 5.74. The highest BCUT2D eigenvalue weighted by atomic mass is 32.2. The van der Waals surface area contributed by atoms with E-state index in [1.165, 1.54) is 18.2 Å². The number of carboxylic acids is 1. The molecule has 6 rings (SSSR count). The fourth-order valence-corrected chi connectivity index (χ4v) is 7.54. The third-order valence-electron chi connectivity index (χ3n) is 8.63. The van der Waals surface area contributed by atoms with Crippen molar-refractivity contribution in [1.29, 1.82) is 0 Å². The van der Waals surface area contributed by atoms with Crippen LogP contribution in [0.3, 0.4) is 0 Å². The molecule has 340 valence electrons. The van der Waals surface area contributed by atoms with Gasteiger partial charge in [-0.1, -0.05) is 0 Å². The summed E-state index contributed by atoms with van der Waals surface area (Å²) in [6.45, 7) is -1.74. The van der Waals surface area contributed by atoms with Gasteiger partial charge in [-0.25, -0.2) is 4.79 Å². The molecule has 1 aliphatic heterocycles. The maximum atomic E-state index is 13.2. The second kappa shape index (κ2) is 18.8. The van der Waals surface area contributed by atoms with E-state index in [4.69, 9.17) is 15.2 Å². The molecule has 1 heterocycles. The molecule has 0 spiro atoms. The number of carboxylic acid groups (broad SMARTS) is 1. The van der Waals surface area contributed by atoms with Crippen LogP contribution in [0.25, 0.3) is 10.8 Å². The molecule has 5 aromatic carbocycles. The number of aliphatic carboxylic acids is 1. The molecule has 26 nitrogen and oxygen atoms in total. The summed E-state index contributed by atoms with van der Waals surface area (Å²) >= 11 is 0. The number of rotatable bonds is 17. The van der Waals surface area contributed by atoms with E-state index in [1.807, 2.05) is 0 Å². The maximum Gasteiger partial charge on any atom is 0.355 e. The van der Waals surface area contributed by atoms with Crippen LogP contribution in [0.2, 0.25) is 0 Å². The average molecular weight is 958 g/mol. The number of aliphatic hydroxyl groups excluding tert-OH is 2. The number of benzene rings is 5. The molecule has 5 aromatic rings. The highest BCUT2D eigenvalue weighted by Gasteiger charge is 2.41. The van der Waals surface area contributed by atoms with Crippen LogP contribution in [-0.4, -0.2) is 109 Å². The first-order valence-electron chi connectivity index (χ1n) is 17.9. The molecular weight excluding hydrogens is 927 g/mol. The van der Waals surface area contributed by atoms with Crippen LogP contribution in [0.1, 0.15) is 0 Å². The van der Waals surface area contributed by atoms with Gasteiger partial charge in [0.25, 0.3) is 36.3 Å². The minimum atomic E-state index is -5.22. The molecule has 0 bridgehead atoms. The normalized spacial score (nSPS) is 14.8. The Balaban J connectivity index is 1.36. The number of carbonyl (C=O) groups excluding carboxylic acids is 1. The van der Waals surface area contributed by atoms with Gasteiger partial charge in [0, 0.05) is 23.2 Å². The van der Waals surface area contributed by atoms with Gasteiger partial charge in [-0.3, -0.25) is 18.5 Å². The number of nitrogens with two attached hydrogens (primary N) is 1. The second-order valence-electron chi connectivity index (χ2n) is 13.0. The van der Waals surface area contributed by atoms with E-state index in [-0.39, 0.29) is 69.6 Å². The average Bonchev–Trinajstić information content (AvgIpc) is 3.58. The van der Waals surface area contributed by atoms with Crippen molar-refractivity contribution >= 4 is 98.5 Å². The zero-order valence-electron chi connectivity index (χ0n) is 32.5. The molecule has 9 N–H and O–H groups in total. The minimum Gasteiger partial charge on any atom is -0.505 e. The van der Waals surface area contributed by atoms with Crippen LogP contribution in [-0.2, 0) is 39.9 Å². The summed E-state index contributed by atoms with van der Waals surface area (Å²) in [6.07, 6.45) is 0. The van der Waals surface area contributed by atoms with Crippen LogP contribution < -0.4 is 20.2 Å². The number of aromatic hydroxyl groups is 1. The molecule has 0 aliphatic carbocycles. The van der Waals surface area contributed by atoms with E-state index in [0.717, 1.165) is 60.7 Å². The van der Waals surface area contributed by atoms with Gasteiger partial charge in [0.1, 0.15) is 57.3 Å². The van der Waals surface area contributed by atoms with E-state index in [9.17, 15) is 68.9 Å². The predicted octanol–water partition coefficient (Wildman–Crippen LogP) is 4.38. The molecular formula is C36H31N9O17S3. The van der Waals surface area contributed by atoms with E-state index >= 15 is 0 Å². The number of carbonyl (C=O) groups is 2. The highest BCUT2D eigenvalue weighted by molar-refractivity contribution is 7.86. The largest absolute Gasteiger partial charge is 0.505 e. The monoisotopic (exact) mass is 957 g/mol. The lowest BCUT2D eigenvalue weighted by Gasteiger charge is -2.13. The van der Waals surface area contributed by atoms with Gasteiger partial charge in [0.15, 0.2) is 11.5 Å². The summed E-state index contributed by atoms with van der Waals surface area (Å²) in [7, 11) is -14.6. The summed E-state index contributed by atoms with van der Waals surface area (Å²) < 4.78 is 112. The first-order chi connectivity index (χ1) is 30.6. The number of hydrazone groups is 1. The number of amides is 1. The summed E-state index contributed by atoms with van der Waals surface area (Å²) in [4.78, 5) is 23.0. The minimum absolute atomic E-state index is 0.0194. The quantitative estimate of drug-likeness (QED) is 0.0364. The number of aliphatic hydroxyl groups is 2. The summed E-state index contributed by atoms with van der Waals surface area (Å²) in [5.74, 6) is -3.94. The van der Waals surface area contributed by atoms with Crippen molar-refractivity contribution in [2.24, 2.45) is 35.8 Å². The molecule has 1 atom stereocenters. The molecule has 0 radical (unpaired) electrons. The van der Waals surface area contributed by atoms with E-state index in [1.54, 1.807) is 0 Å². The SMILES string of the molecule is Nc1ccc(/N=N/c2cc(OCCO)c(/N=N/c3c(S(=O)(=O)O)cc4cc(/N=N/C5C(=O)N(c6ccc(S(=O)(=O)O)cc6)N=C5C(=O)O)ccc4c3O)cc2OCCO)c(S(=O)(=O)O)c1. The van der Waals surface area contributed by atoms with Gasteiger partial charge in [0.2, 0.25) is 6.04 Å². The van der Waals surface area contributed by atoms with E-state index in [2.05, 4.69) is 35.8 Å². The van der Waals surface area contributed by atoms with Crippen molar-refractivity contribution in [1.82, 2.24) is 0 Å². The maximum absolute atomic E-state index is 13.2. The number of anilines is 2. The third-order valence-corrected chi connectivity index (χ3v) is 11.2. The number of nitrogens with zero attached hydrogens (tertiary/aromatic N) is 8. The Bertz CT molecular complexity index is 3200. The number of phenolic OH excluding ortho intramolecular Hbond substituents is 1. The van der Waals surface area contributed by atoms with Gasteiger partial charge < -0.3 is 35.6 Å². The zero-order chi connectivity index (χ0) is 47.4. The molecule has 65 heavy (non-hydrogen) atoms. The molecule has 1 amide bonds. The predicted molar refractivity (Wildman–Crippen MR) is 223 cm³/mol. The van der Waals surface area contributed by atoms with Gasteiger partial charge >= 0.3 is 5.97 Å². The van der Waals surface area contributed by atoms with Crippen LogP contribution in [0.15, 0.2) is 129 Å². The Morgan fingerprint density at radius 2 is 1.29 bits per heavy atom. The lowest BCUT2D eigenvalue weighted by atomic mass is 10.1. The molecule has 0 aromatic heterocycles. The number of hydrogen-bond acceptors (Lipinski definition) is 21. The molecule has 0 saturated heterocycles. The number of azo groups is 3. The Hall–Kier alpha value is -7.38.